The lowest BCUT2D eigenvalue weighted by molar-refractivity contribution is -0.0698. The maximum atomic E-state index is 6.07. The summed E-state index contributed by atoms with van der Waals surface area (Å²) in [7, 11) is 0. The lowest BCUT2D eigenvalue weighted by Gasteiger charge is -2.27. The lowest BCUT2D eigenvalue weighted by atomic mass is 9.94. The monoisotopic (exact) mass is 281 g/mol. The zero-order chi connectivity index (χ0) is 14.6. The fourth-order valence-electron chi connectivity index (χ4n) is 2.90. The topological polar surface area (TPSA) is 43.6 Å². The van der Waals surface area contributed by atoms with E-state index in [1.54, 1.807) is 6.26 Å². The van der Waals surface area contributed by atoms with Crippen LogP contribution in [0.15, 0.2) is 22.8 Å². The molecule has 1 saturated heterocycles. The molecule has 1 aromatic rings. The van der Waals surface area contributed by atoms with Gasteiger partial charge in [0, 0.05) is 12.6 Å². The van der Waals surface area contributed by atoms with E-state index >= 15 is 0 Å². The molecule has 0 amide bonds. The number of hydrogen-bond donors (Lipinski definition) is 1. The van der Waals surface area contributed by atoms with E-state index in [-0.39, 0.29) is 11.2 Å². The molecule has 0 saturated carbocycles. The largest absolute Gasteiger partial charge is 0.467 e. The van der Waals surface area contributed by atoms with Gasteiger partial charge in [0.25, 0.3) is 0 Å². The molecular formula is C16H27NO3. The molecule has 0 bridgehead atoms. The van der Waals surface area contributed by atoms with Crippen LogP contribution in [0.3, 0.4) is 0 Å². The van der Waals surface area contributed by atoms with Crippen LogP contribution < -0.4 is 5.32 Å². The van der Waals surface area contributed by atoms with Crippen molar-refractivity contribution in [2.45, 2.75) is 64.4 Å². The predicted octanol–water partition coefficient (Wildman–Crippen LogP) is 3.12. The molecule has 2 heterocycles. The number of ether oxygens (including phenoxy) is 2. The summed E-state index contributed by atoms with van der Waals surface area (Å²) >= 11 is 0. The second-order valence-corrected chi connectivity index (χ2v) is 6.66. The number of rotatable bonds is 7. The predicted molar refractivity (Wildman–Crippen MR) is 78.6 cm³/mol. The van der Waals surface area contributed by atoms with E-state index in [1.165, 1.54) is 0 Å². The highest BCUT2D eigenvalue weighted by Gasteiger charge is 2.45. The first-order chi connectivity index (χ1) is 9.39. The van der Waals surface area contributed by atoms with Crippen molar-refractivity contribution in [1.29, 1.82) is 0 Å². The van der Waals surface area contributed by atoms with E-state index in [1.807, 2.05) is 12.1 Å². The highest BCUT2D eigenvalue weighted by molar-refractivity contribution is 4.98. The Labute approximate surface area is 121 Å². The van der Waals surface area contributed by atoms with Crippen LogP contribution in [0.4, 0.5) is 0 Å². The maximum Gasteiger partial charge on any atom is 0.129 e. The second kappa shape index (κ2) is 6.29. The van der Waals surface area contributed by atoms with Crippen LogP contribution in [0.1, 0.15) is 46.3 Å². The Balaban J connectivity index is 1.59. The number of hydrogen-bond acceptors (Lipinski definition) is 4. The Morgan fingerprint density at radius 2 is 2.15 bits per heavy atom. The van der Waals surface area contributed by atoms with Crippen LogP contribution in [-0.4, -0.2) is 30.4 Å². The Hall–Kier alpha value is -0.840. The second-order valence-electron chi connectivity index (χ2n) is 6.66. The summed E-state index contributed by atoms with van der Waals surface area (Å²) in [5, 5.41) is 3.59. The van der Waals surface area contributed by atoms with Crippen LogP contribution in [0.2, 0.25) is 0 Å². The van der Waals surface area contributed by atoms with Gasteiger partial charge in [-0.25, -0.2) is 0 Å². The molecule has 2 rings (SSSR count). The first kappa shape index (κ1) is 15.5. The van der Waals surface area contributed by atoms with Crippen molar-refractivity contribution >= 4 is 0 Å². The normalized spacial score (nSPS) is 24.1. The van der Waals surface area contributed by atoms with Gasteiger partial charge in [0.2, 0.25) is 0 Å². The van der Waals surface area contributed by atoms with E-state index in [4.69, 9.17) is 13.9 Å². The minimum absolute atomic E-state index is 0.0308. The molecule has 1 N–H and O–H groups in total. The van der Waals surface area contributed by atoms with Gasteiger partial charge in [-0.3, -0.25) is 0 Å². The van der Waals surface area contributed by atoms with E-state index in [2.05, 4.69) is 33.0 Å². The first-order valence-corrected chi connectivity index (χ1v) is 7.43. The van der Waals surface area contributed by atoms with E-state index in [0.717, 1.165) is 31.8 Å². The summed E-state index contributed by atoms with van der Waals surface area (Å²) < 4.78 is 16.9. The molecule has 1 aliphatic rings. The van der Waals surface area contributed by atoms with Crippen molar-refractivity contribution in [3.63, 3.8) is 0 Å². The molecule has 0 radical (unpaired) electrons. The summed E-state index contributed by atoms with van der Waals surface area (Å²) in [5.41, 5.74) is -0.129. The molecule has 1 unspecified atom stereocenters. The van der Waals surface area contributed by atoms with E-state index in [0.29, 0.717) is 12.6 Å². The molecule has 4 nitrogen and oxygen atoms in total. The molecule has 4 heteroatoms. The molecular weight excluding hydrogens is 254 g/mol. The van der Waals surface area contributed by atoms with Gasteiger partial charge in [-0.05, 0) is 59.2 Å². The van der Waals surface area contributed by atoms with Crippen molar-refractivity contribution in [3.05, 3.63) is 24.2 Å². The van der Waals surface area contributed by atoms with Crippen molar-refractivity contribution < 1.29 is 13.9 Å². The van der Waals surface area contributed by atoms with Gasteiger partial charge >= 0.3 is 0 Å². The molecule has 1 aliphatic heterocycles. The maximum absolute atomic E-state index is 6.07. The quantitative estimate of drug-likeness (QED) is 0.780. The summed E-state index contributed by atoms with van der Waals surface area (Å²) in [5.74, 6) is 0.880. The molecule has 0 aromatic carbocycles. The van der Waals surface area contributed by atoms with Crippen LogP contribution >= 0.6 is 0 Å². The van der Waals surface area contributed by atoms with E-state index in [9.17, 15) is 0 Å². The summed E-state index contributed by atoms with van der Waals surface area (Å²) in [6, 6.07) is 4.21. The van der Waals surface area contributed by atoms with Gasteiger partial charge in [0.1, 0.15) is 12.4 Å². The fraction of sp³-hybridized carbons (Fsp3) is 0.750. The van der Waals surface area contributed by atoms with E-state index < -0.39 is 0 Å². The standard InChI is InChI=1S/C16H27NO3/c1-15(2)11-14(16(3,4)20-15)17-8-6-9-18-12-13-7-5-10-19-13/h5,7,10,14,17H,6,8-9,11-12H2,1-4H3. The molecule has 20 heavy (non-hydrogen) atoms. The zero-order valence-corrected chi connectivity index (χ0v) is 13.1. The fourth-order valence-corrected chi connectivity index (χ4v) is 2.90. The van der Waals surface area contributed by atoms with Crippen LogP contribution in [0.5, 0.6) is 0 Å². The summed E-state index contributed by atoms with van der Waals surface area (Å²) in [6.45, 7) is 10.9. The summed E-state index contributed by atoms with van der Waals surface area (Å²) in [6.07, 6.45) is 3.71. The molecule has 1 atom stereocenters. The molecule has 114 valence electrons. The van der Waals surface area contributed by atoms with Crippen molar-refractivity contribution in [3.8, 4) is 0 Å². The Kier molecular flexibility index (Phi) is 4.89. The third kappa shape index (κ3) is 4.33. The average molecular weight is 281 g/mol. The minimum atomic E-state index is -0.0987. The third-order valence-electron chi connectivity index (χ3n) is 3.75. The van der Waals surface area contributed by atoms with Gasteiger partial charge < -0.3 is 19.2 Å². The van der Waals surface area contributed by atoms with Crippen LogP contribution in [0, 0.1) is 0 Å². The third-order valence-corrected chi connectivity index (χ3v) is 3.75. The molecule has 0 aliphatic carbocycles. The number of nitrogens with one attached hydrogen (secondary N) is 1. The highest BCUT2D eigenvalue weighted by Crippen LogP contribution is 2.37. The van der Waals surface area contributed by atoms with Gasteiger partial charge in [-0.15, -0.1) is 0 Å². The smallest absolute Gasteiger partial charge is 0.129 e. The summed E-state index contributed by atoms with van der Waals surface area (Å²) in [4.78, 5) is 0. The van der Waals surface area contributed by atoms with Gasteiger partial charge in [0.05, 0.1) is 17.5 Å². The van der Waals surface area contributed by atoms with Gasteiger partial charge in [0.15, 0.2) is 0 Å². The lowest BCUT2D eigenvalue weighted by Crippen LogP contribution is -2.43. The van der Waals surface area contributed by atoms with Gasteiger partial charge in [-0.2, -0.15) is 0 Å². The molecule has 1 fully saturated rings. The number of furan rings is 1. The molecule has 1 aromatic heterocycles. The van der Waals surface area contributed by atoms with Crippen molar-refractivity contribution in [2.24, 2.45) is 0 Å². The Morgan fingerprint density at radius 3 is 2.75 bits per heavy atom. The van der Waals surface area contributed by atoms with Crippen LogP contribution in [-0.2, 0) is 16.1 Å². The molecule has 0 spiro atoms. The van der Waals surface area contributed by atoms with Gasteiger partial charge in [-0.1, -0.05) is 0 Å². The highest BCUT2D eigenvalue weighted by atomic mass is 16.5. The minimum Gasteiger partial charge on any atom is -0.467 e. The average Bonchev–Trinajstić information content (AvgIpc) is 2.89. The SMILES string of the molecule is CC1(C)CC(NCCCOCc2ccco2)C(C)(C)O1. The van der Waals surface area contributed by atoms with Crippen LogP contribution in [0.25, 0.3) is 0 Å². The first-order valence-electron chi connectivity index (χ1n) is 7.43. The van der Waals surface area contributed by atoms with Crippen molar-refractivity contribution in [1.82, 2.24) is 5.32 Å². The zero-order valence-electron chi connectivity index (χ0n) is 13.1. The Morgan fingerprint density at radius 1 is 1.35 bits per heavy atom. The van der Waals surface area contributed by atoms with Crippen molar-refractivity contribution in [2.75, 3.05) is 13.2 Å². The Bertz CT molecular complexity index is 398.